The number of carbonyl (C=O) groups excluding carboxylic acids is 2. The molecule has 22 heavy (non-hydrogen) atoms. The fourth-order valence-electron chi connectivity index (χ4n) is 3.20. The highest BCUT2D eigenvalue weighted by Crippen LogP contribution is 2.33. The molecule has 0 aliphatic heterocycles. The first kappa shape index (κ1) is 18.9. The molecule has 0 saturated heterocycles. The lowest BCUT2D eigenvalue weighted by molar-refractivity contribution is -0.143. The Morgan fingerprint density at radius 2 is 2.00 bits per heavy atom. The summed E-state index contributed by atoms with van der Waals surface area (Å²) >= 11 is 0. The number of allylic oxidation sites excluding steroid dienone is 2. The molecular weight excluding hydrogens is 276 g/mol. The lowest BCUT2D eigenvalue weighted by Crippen LogP contribution is -2.13. The number of rotatable bonds is 11. The highest BCUT2D eigenvalue weighted by molar-refractivity contribution is 5.83. The molecule has 0 aromatic rings. The molecule has 3 nitrogen and oxygen atoms in total. The summed E-state index contributed by atoms with van der Waals surface area (Å²) in [5, 5.41) is 0. The van der Waals surface area contributed by atoms with E-state index in [2.05, 4.69) is 19.1 Å². The van der Waals surface area contributed by atoms with Crippen molar-refractivity contribution >= 4 is 11.8 Å². The molecule has 3 heteroatoms. The van der Waals surface area contributed by atoms with Crippen LogP contribution in [-0.4, -0.2) is 18.4 Å². The summed E-state index contributed by atoms with van der Waals surface area (Å²) in [5.74, 6) is 1.09. The molecule has 2 atom stereocenters. The fourth-order valence-corrected chi connectivity index (χ4v) is 3.20. The van der Waals surface area contributed by atoms with Gasteiger partial charge in [-0.2, -0.15) is 0 Å². The van der Waals surface area contributed by atoms with Crippen LogP contribution in [-0.2, 0) is 14.3 Å². The molecule has 0 radical (unpaired) electrons. The van der Waals surface area contributed by atoms with Crippen molar-refractivity contribution in [1.29, 1.82) is 0 Å². The normalized spacial score (nSPS) is 21.6. The maximum atomic E-state index is 12.0. The first-order valence-electron chi connectivity index (χ1n) is 9.04. The van der Waals surface area contributed by atoms with E-state index in [-0.39, 0.29) is 11.9 Å². The van der Waals surface area contributed by atoms with Crippen LogP contribution in [0.25, 0.3) is 0 Å². The van der Waals surface area contributed by atoms with E-state index < -0.39 is 0 Å². The molecule has 1 saturated carbocycles. The largest absolute Gasteiger partial charge is 0.466 e. The monoisotopic (exact) mass is 308 g/mol. The van der Waals surface area contributed by atoms with Gasteiger partial charge in [0.15, 0.2) is 0 Å². The zero-order valence-electron chi connectivity index (χ0n) is 14.3. The van der Waals surface area contributed by atoms with Gasteiger partial charge in [0, 0.05) is 18.8 Å². The maximum Gasteiger partial charge on any atom is 0.305 e. The Balaban J connectivity index is 2.16. The minimum absolute atomic E-state index is 0.0883. The fraction of sp³-hybridized carbons (Fsp3) is 0.789. The van der Waals surface area contributed by atoms with E-state index in [9.17, 15) is 9.59 Å². The predicted octanol–water partition coefficient (Wildman–Crippen LogP) is 4.84. The number of esters is 1. The third-order valence-corrected chi connectivity index (χ3v) is 4.44. The average molecular weight is 308 g/mol. The number of unbranched alkanes of at least 4 members (excludes halogenated alkanes) is 4. The Morgan fingerprint density at radius 1 is 1.23 bits per heavy atom. The van der Waals surface area contributed by atoms with Gasteiger partial charge in [0.25, 0.3) is 0 Å². The van der Waals surface area contributed by atoms with Crippen molar-refractivity contribution in [3.63, 3.8) is 0 Å². The molecule has 1 aliphatic rings. The second kappa shape index (κ2) is 11.4. The minimum atomic E-state index is -0.0883. The van der Waals surface area contributed by atoms with E-state index in [0.717, 1.165) is 51.4 Å². The van der Waals surface area contributed by atoms with Crippen LogP contribution >= 0.6 is 0 Å². The summed E-state index contributed by atoms with van der Waals surface area (Å²) in [5.41, 5.74) is 0. The van der Waals surface area contributed by atoms with E-state index in [1.807, 2.05) is 6.92 Å². The van der Waals surface area contributed by atoms with Crippen LogP contribution in [0.4, 0.5) is 0 Å². The Morgan fingerprint density at radius 3 is 2.73 bits per heavy atom. The quantitative estimate of drug-likeness (QED) is 0.311. The lowest BCUT2D eigenvalue weighted by atomic mass is 9.89. The molecule has 1 aliphatic carbocycles. The van der Waals surface area contributed by atoms with Gasteiger partial charge in [-0.05, 0) is 38.5 Å². The van der Waals surface area contributed by atoms with Crippen molar-refractivity contribution in [3.05, 3.63) is 12.2 Å². The van der Waals surface area contributed by atoms with Crippen LogP contribution < -0.4 is 0 Å². The molecule has 0 aromatic carbocycles. The highest BCUT2D eigenvalue weighted by atomic mass is 16.5. The van der Waals surface area contributed by atoms with Gasteiger partial charge in [-0.25, -0.2) is 0 Å². The van der Waals surface area contributed by atoms with Crippen molar-refractivity contribution < 1.29 is 14.3 Å². The smallest absolute Gasteiger partial charge is 0.305 e. The third-order valence-electron chi connectivity index (χ3n) is 4.44. The van der Waals surface area contributed by atoms with Gasteiger partial charge in [0.2, 0.25) is 0 Å². The summed E-state index contributed by atoms with van der Waals surface area (Å²) in [4.78, 5) is 23.2. The molecule has 0 unspecified atom stereocenters. The van der Waals surface area contributed by atoms with Gasteiger partial charge < -0.3 is 4.74 Å². The maximum absolute atomic E-state index is 12.0. The van der Waals surface area contributed by atoms with Crippen molar-refractivity contribution in [2.24, 2.45) is 11.8 Å². The van der Waals surface area contributed by atoms with E-state index in [4.69, 9.17) is 4.74 Å². The zero-order valence-corrected chi connectivity index (χ0v) is 14.3. The van der Waals surface area contributed by atoms with Gasteiger partial charge in [0.1, 0.15) is 5.78 Å². The van der Waals surface area contributed by atoms with E-state index in [1.54, 1.807) is 0 Å². The molecular formula is C19H32O3. The third kappa shape index (κ3) is 7.24. The molecule has 126 valence electrons. The Bertz CT molecular complexity index is 360. The first-order chi connectivity index (χ1) is 10.7. The van der Waals surface area contributed by atoms with Gasteiger partial charge in [0.05, 0.1) is 6.61 Å². The molecule has 0 N–H and O–H groups in total. The molecule has 1 fully saturated rings. The van der Waals surface area contributed by atoms with Crippen molar-refractivity contribution in [2.45, 2.75) is 78.1 Å². The van der Waals surface area contributed by atoms with Crippen LogP contribution in [0.1, 0.15) is 78.1 Å². The average Bonchev–Trinajstić information content (AvgIpc) is 2.84. The number of ether oxygens (including phenoxy) is 1. The van der Waals surface area contributed by atoms with Crippen molar-refractivity contribution in [2.75, 3.05) is 6.61 Å². The van der Waals surface area contributed by atoms with E-state index in [1.165, 1.54) is 6.42 Å². The summed E-state index contributed by atoms with van der Waals surface area (Å²) in [6.07, 6.45) is 14.3. The molecule has 0 amide bonds. The molecule has 0 aromatic heterocycles. The second-order valence-corrected chi connectivity index (χ2v) is 6.25. The summed E-state index contributed by atoms with van der Waals surface area (Å²) in [6.45, 7) is 4.48. The Labute approximate surface area is 135 Å². The van der Waals surface area contributed by atoms with Gasteiger partial charge in [-0.3, -0.25) is 9.59 Å². The number of Topliss-reactive ketones (excluding diaryl/α,β-unsaturated/α-hetero) is 1. The van der Waals surface area contributed by atoms with E-state index >= 15 is 0 Å². The number of carbonyl (C=O) groups is 2. The SMILES string of the molecule is CCC/C=C/[C@H]1CCC(=O)[C@H]1CCCCCCC(=O)OCC. The highest BCUT2D eigenvalue weighted by Gasteiger charge is 2.31. The minimum Gasteiger partial charge on any atom is -0.466 e. The summed E-state index contributed by atoms with van der Waals surface area (Å²) in [7, 11) is 0. The number of ketones is 1. The van der Waals surface area contributed by atoms with Crippen molar-refractivity contribution in [1.82, 2.24) is 0 Å². The van der Waals surface area contributed by atoms with Gasteiger partial charge in [-0.15, -0.1) is 0 Å². The zero-order chi connectivity index (χ0) is 16.2. The van der Waals surface area contributed by atoms with E-state index in [0.29, 0.717) is 24.7 Å². The number of hydrogen-bond acceptors (Lipinski definition) is 3. The van der Waals surface area contributed by atoms with Gasteiger partial charge in [-0.1, -0.05) is 44.8 Å². The standard InChI is InChI=1S/C19H32O3/c1-3-5-8-11-16-14-15-18(20)17(16)12-9-6-7-10-13-19(21)22-4-2/h8,11,16-17H,3-7,9-10,12-15H2,1-2H3/b11-8+/t16-,17-/m0/s1. The van der Waals surface area contributed by atoms with Crippen LogP contribution in [0.15, 0.2) is 12.2 Å². The predicted molar refractivity (Wildman–Crippen MR) is 89.6 cm³/mol. The van der Waals surface area contributed by atoms with Crippen LogP contribution in [0.2, 0.25) is 0 Å². The molecule has 0 heterocycles. The Hall–Kier alpha value is -1.12. The summed E-state index contributed by atoms with van der Waals surface area (Å²) in [6, 6.07) is 0. The van der Waals surface area contributed by atoms with Crippen LogP contribution in [0.3, 0.4) is 0 Å². The number of hydrogen-bond donors (Lipinski definition) is 0. The second-order valence-electron chi connectivity index (χ2n) is 6.25. The molecule has 1 rings (SSSR count). The first-order valence-corrected chi connectivity index (χ1v) is 9.04. The lowest BCUT2D eigenvalue weighted by Gasteiger charge is -2.14. The van der Waals surface area contributed by atoms with Crippen molar-refractivity contribution in [3.8, 4) is 0 Å². The molecule has 0 spiro atoms. The Kier molecular flexibility index (Phi) is 9.85. The van der Waals surface area contributed by atoms with Crippen LogP contribution in [0, 0.1) is 11.8 Å². The topological polar surface area (TPSA) is 43.4 Å². The van der Waals surface area contributed by atoms with Crippen LogP contribution in [0.5, 0.6) is 0 Å². The molecule has 0 bridgehead atoms. The summed E-state index contributed by atoms with van der Waals surface area (Å²) < 4.78 is 4.91. The van der Waals surface area contributed by atoms with Gasteiger partial charge >= 0.3 is 5.97 Å².